The Morgan fingerprint density at radius 3 is 2.45 bits per heavy atom. The Kier molecular flexibility index (Phi) is 5.44. The van der Waals surface area contributed by atoms with Crippen LogP contribution in [0.3, 0.4) is 0 Å². The number of ether oxygens (including phenoxy) is 2. The molecule has 7 nitrogen and oxygen atoms in total. The van der Waals surface area contributed by atoms with Crippen LogP contribution in [0.15, 0.2) is 29.2 Å². The fourth-order valence-corrected chi connectivity index (χ4v) is 3.81. The Bertz CT molecular complexity index is 1010. The number of rotatable bonds is 7. The number of anilines is 1. The summed E-state index contributed by atoms with van der Waals surface area (Å²) >= 11 is 0. The van der Waals surface area contributed by atoms with E-state index in [9.17, 15) is 29.3 Å². The number of halogens is 5. The molecular formula is C18H20F5N3O4S. The molecule has 172 valence electrons. The highest BCUT2D eigenvalue weighted by atomic mass is 32.5. The number of carbonyl (C=O) groups is 1. The fourth-order valence-electron chi connectivity index (χ4n) is 3.11. The van der Waals surface area contributed by atoms with Gasteiger partial charge in [0, 0.05) is 6.04 Å². The number of hydrogen-bond acceptors (Lipinski definition) is 6. The van der Waals surface area contributed by atoms with E-state index in [0.717, 1.165) is 6.07 Å². The molecule has 2 heterocycles. The average molecular weight is 469 g/mol. The number of carboxylic acids is 1. The van der Waals surface area contributed by atoms with Gasteiger partial charge in [0.05, 0.1) is 30.9 Å². The highest BCUT2D eigenvalue weighted by Gasteiger charge is 2.65. The zero-order valence-electron chi connectivity index (χ0n) is 16.4. The Morgan fingerprint density at radius 2 is 1.87 bits per heavy atom. The molecule has 1 aromatic heterocycles. The summed E-state index contributed by atoms with van der Waals surface area (Å²) in [5, 5.41) is 12.1. The van der Waals surface area contributed by atoms with Crippen LogP contribution in [0, 0.1) is 6.92 Å². The van der Waals surface area contributed by atoms with E-state index in [1.54, 1.807) is 0 Å². The first-order valence-electron chi connectivity index (χ1n) is 9.07. The quantitative estimate of drug-likeness (QED) is 0.533. The second-order valence-corrected chi connectivity index (χ2v) is 9.44. The molecule has 31 heavy (non-hydrogen) atoms. The SMILES string of the molecule is Cc1nc(CC(=O)O)c(C2OCCO2)c(NC(C)c2cccc(S(F)(F)(F)(F)F)c2)n1. The van der Waals surface area contributed by atoms with Crippen LogP contribution in [0.2, 0.25) is 0 Å². The van der Waals surface area contributed by atoms with E-state index in [0.29, 0.717) is 12.1 Å². The molecule has 2 N–H and O–H groups in total. The number of aromatic nitrogens is 2. The molecule has 13 heteroatoms. The third kappa shape index (κ3) is 5.60. The highest BCUT2D eigenvalue weighted by Crippen LogP contribution is 3.02. The summed E-state index contributed by atoms with van der Waals surface area (Å²) in [4.78, 5) is 17.6. The summed E-state index contributed by atoms with van der Waals surface area (Å²) in [6.45, 7) is 3.45. The predicted octanol–water partition coefficient (Wildman–Crippen LogP) is 5.29. The van der Waals surface area contributed by atoms with Crippen LogP contribution in [-0.2, 0) is 20.7 Å². The zero-order chi connectivity index (χ0) is 23.1. The molecule has 0 radical (unpaired) electrons. The number of hydrogen-bond donors (Lipinski definition) is 2. The van der Waals surface area contributed by atoms with Crippen molar-refractivity contribution in [3.8, 4) is 0 Å². The first-order valence-corrected chi connectivity index (χ1v) is 11.0. The summed E-state index contributed by atoms with van der Waals surface area (Å²) in [7, 11) is -9.85. The molecule has 0 spiro atoms. The first kappa shape index (κ1) is 23.2. The maximum absolute atomic E-state index is 13.2. The molecule has 0 bridgehead atoms. The fraction of sp³-hybridized carbons (Fsp3) is 0.389. The van der Waals surface area contributed by atoms with E-state index in [1.165, 1.54) is 19.9 Å². The van der Waals surface area contributed by atoms with Gasteiger partial charge in [-0.3, -0.25) is 4.79 Å². The van der Waals surface area contributed by atoms with Crippen LogP contribution < -0.4 is 5.32 Å². The minimum Gasteiger partial charge on any atom is -0.481 e. The normalized spacial score (nSPS) is 18.3. The second-order valence-electron chi connectivity index (χ2n) is 7.03. The van der Waals surface area contributed by atoms with E-state index >= 15 is 0 Å². The number of carboxylic acid groups (broad SMARTS) is 1. The van der Waals surface area contributed by atoms with Crippen LogP contribution in [0.4, 0.5) is 25.2 Å². The van der Waals surface area contributed by atoms with E-state index in [4.69, 9.17) is 9.47 Å². The van der Waals surface area contributed by atoms with Crippen LogP contribution in [0.5, 0.6) is 0 Å². The van der Waals surface area contributed by atoms with Gasteiger partial charge in [-0.25, -0.2) is 9.97 Å². The van der Waals surface area contributed by atoms with Crippen LogP contribution >= 0.6 is 10.2 Å². The minimum atomic E-state index is -9.85. The second kappa shape index (κ2) is 7.28. The van der Waals surface area contributed by atoms with Gasteiger partial charge in [0.2, 0.25) is 0 Å². The Balaban J connectivity index is 2.01. The largest absolute Gasteiger partial charge is 0.481 e. The van der Waals surface area contributed by atoms with Gasteiger partial charge in [-0.1, -0.05) is 31.6 Å². The van der Waals surface area contributed by atoms with Gasteiger partial charge in [0.15, 0.2) is 6.29 Å². The van der Waals surface area contributed by atoms with Crippen molar-refractivity contribution in [1.82, 2.24) is 9.97 Å². The molecule has 0 amide bonds. The van der Waals surface area contributed by atoms with Gasteiger partial charge in [0.1, 0.15) is 16.5 Å². The molecule has 2 aromatic rings. The van der Waals surface area contributed by atoms with Gasteiger partial charge < -0.3 is 19.9 Å². The lowest BCUT2D eigenvalue weighted by Gasteiger charge is -2.40. The molecule has 1 fully saturated rings. The molecule has 1 saturated heterocycles. The Labute approximate surface area is 174 Å². The summed E-state index contributed by atoms with van der Waals surface area (Å²) in [6.07, 6.45) is -1.44. The highest BCUT2D eigenvalue weighted by molar-refractivity contribution is 8.45. The van der Waals surface area contributed by atoms with Crippen molar-refractivity contribution < 1.29 is 38.8 Å². The van der Waals surface area contributed by atoms with Crippen LogP contribution in [0.25, 0.3) is 0 Å². The zero-order valence-corrected chi connectivity index (χ0v) is 17.3. The molecule has 1 aliphatic heterocycles. The van der Waals surface area contributed by atoms with Crippen molar-refractivity contribution in [1.29, 1.82) is 0 Å². The summed E-state index contributed by atoms with van der Waals surface area (Å²) in [5.41, 5.74) is 0.240. The van der Waals surface area contributed by atoms with E-state index in [-0.39, 0.29) is 41.7 Å². The van der Waals surface area contributed by atoms with Gasteiger partial charge in [-0.15, -0.1) is 0 Å². The van der Waals surface area contributed by atoms with E-state index in [2.05, 4.69) is 15.3 Å². The smallest absolute Gasteiger partial charge is 0.310 e. The van der Waals surface area contributed by atoms with Gasteiger partial charge in [-0.2, -0.15) is 0 Å². The van der Waals surface area contributed by atoms with Crippen molar-refractivity contribution >= 4 is 22.0 Å². The molecule has 1 aliphatic rings. The summed E-state index contributed by atoms with van der Waals surface area (Å²) in [5.74, 6) is -0.880. The number of aliphatic carboxylic acids is 1. The first-order chi connectivity index (χ1) is 14.1. The molecule has 0 saturated carbocycles. The average Bonchev–Trinajstić information content (AvgIpc) is 3.13. The van der Waals surface area contributed by atoms with Gasteiger partial charge in [-0.05, 0) is 31.5 Å². The van der Waals surface area contributed by atoms with E-state index < -0.39 is 39.8 Å². The van der Waals surface area contributed by atoms with Crippen molar-refractivity contribution in [3.63, 3.8) is 0 Å². The standard InChI is InChI=1S/C18H20F5N3O4S/c1-10(12-4-3-5-13(8-12)31(19,20,21,22)23)24-17-16(18-29-6-7-30-18)14(9-15(27)28)25-11(2)26-17/h3-5,8,10,18H,6-7,9H2,1-2H3,(H,27,28)(H,24,25,26). The van der Waals surface area contributed by atoms with Crippen molar-refractivity contribution in [3.05, 3.63) is 46.9 Å². The number of benzene rings is 1. The molecular weight excluding hydrogens is 449 g/mol. The molecule has 0 aliphatic carbocycles. The van der Waals surface area contributed by atoms with Crippen molar-refractivity contribution in [2.75, 3.05) is 18.5 Å². The molecule has 1 unspecified atom stereocenters. The molecule has 1 aromatic carbocycles. The lowest BCUT2D eigenvalue weighted by molar-refractivity contribution is -0.136. The number of nitrogens with one attached hydrogen (secondary N) is 1. The van der Waals surface area contributed by atoms with Gasteiger partial charge >= 0.3 is 16.2 Å². The van der Waals surface area contributed by atoms with E-state index in [1.807, 2.05) is 0 Å². The number of aryl methyl sites for hydroxylation is 1. The van der Waals surface area contributed by atoms with Gasteiger partial charge in [0.25, 0.3) is 0 Å². The Hall–Kier alpha value is -2.51. The molecule has 1 atom stereocenters. The molecule has 3 rings (SSSR count). The van der Waals surface area contributed by atoms with Crippen molar-refractivity contribution in [2.24, 2.45) is 0 Å². The summed E-state index contributed by atoms with van der Waals surface area (Å²) in [6, 6.07) is 1.97. The number of nitrogens with zero attached hydrogens (tertiary/aromatic N) is 2. The topological polar surface area (TPSA) is 93.6 Å². The van der Waals surface area contributed by atoms with Crippen LogP contribution in [0.1, 0.15) is 41.9 Å². The third-order valence-electron chi connectivity index (χ3n) is 4.47. The minimum absolute atomic E-state index is 0.0685. The Morgan fingerprint density at radius 1 is 1.23 bits per heavy atom. The maximum Gasteiger partial charge on any atom is 0.310 e. The summed E-state index contributed by atoms with van der Waals surface area (Å²) < 4.78 is 76.8. The van der Waals surface area contributed by atoms with Crippen molar-refractivity contribution in [2.45, 2.75) is 37.5 Å². The van der Waals surface area contributed by atoms with Crippen LogP contribution in [-0.4, -0.2) is 34.3 Å². The monoisotopic (exact) mass is 469 g/mol. The predicted molar refractivity (Wildman–Crippen MR) is 103 cm³/mol. The lowest BCUT2D eigenvalue weighted by atomic mass is 10.1. The third-order valence-corrected chi connectivity index (χ3v) is 5.61. The maximum atomic E-state index is 13.2. The lowest BCUT2D eigenvalue weighted by Crippen LogP contribution is -2.18.